The number of hydrogen-bond acceptors (Lipinski definition) is 4. The lowest BCUT2D eigenvalue weighted by atomic mass is 9.91. The molecule has 2 aliphatic rings. The number of carbonyl (C=O) groups is 2. The maximum atomic E-state index is 12.8. The standard InChI is InChI=1S/C14H24N2O3S/c1-3-5-11-16(10(8-20-11)14(18)19)13(17)12-9(2)6-4-7-15-12/h9-12,15H,3-8H2,1-2H3,(H,18,19). The molecule has 20 heavy (non-hydrogen) atoms. The molecule has 0 spiro atoms. The van der Waals surface area contributed by atoms with Crippen LogP contribution in [0.15, 0.2) is 0 Å². The van der Waals surface area contributed by atoms with E-state index in [1.807, 2.05) is 0 Å². The fourth-order valence-corrected chi connectivity index (χ4v) is 4.58. The maximum absolute atomic E-state index is 12.8. The Hall–Kier alpha value is -0.750. The molecule has 4 unspecified atom stereocenters. The lowest BCUT2D eigenvalue weighted by molar-refractivity contribution is -0.150. The van der Waals surface area contributed by atoms with Crippen molar-refractivity contribution in [2.45, 2.75) is 57.0 Å². The van der Waals surface area contributed by atoms with Crippen LogP contribution in [0.4, 0.5) is 0 Å². The van der Waals surface area contributed by atoms with Gasteiger partial charge in [0.1, 0.15) is 6.04 Å². The molecule has 0 radical (unpaired) electrons. The van der Waals surface area contributed by atoms with Crippen molar-refractivity contribution in [2.75, 3.05) is 12.3 Å². The highest BCUT2D eigenvalue weighted by molar-refractivity contribution is 8.00. The normalized spacial score (nSPS) is 34.2. The second-order valence-electron chi connectivity index (χ2n) is 5.73. The smallest absolute Gasteiger partial charge is 0.327 e. The van der Waals surface area contributed by atoms with Gasteiger partial charge in [-0.05, 0) is 31.7 Å². The second-order valence-corrected chi connectivity index (χ2v) is 6.94. The Morgan fingerprint density at radius 2 is 2.20 bits per heavy atom. The molecule has 0 aromatic heterocycles. The van der Waals surface area contributed by atoms with Crippen LogP contribution in [0.3, 0.4) is 0 Å². The van der Waals surface area contributed by atoms with Gasteiger partial charge in [0, 0.05) is 5.75 Å². The molecule has 0 aromatic rings. The molecule has 0 bridgehead atoms. The van der Waals surface area contributed by atoms with Crippen LogP contribution in [-0.2, 0) is 9.59 Å². The first kappa shape index (κ1) is 15.6. The highest BCUT2D eigenvalue weighted by Crippen LogP contribution is 2.34. The Balaban J connectivity index is 2.15. The first-order valence-electron chi connectivity index (χ1n) is 7.46. The third-order valence-corrected chi connectivity index (χ3v) is 5.56. The van der Waals surface area contributed by atoms with Crippen molar-refractivity contribution in [3.8, 4) is 0 Å². The molecule has 5 nitrogen and oxygen atoms in total. The van der Waals surface area contributed by atoms with Crippen molar-refractivity contribution in [2.24, 2.45) is 5.92 Å². The fourth-order valence-electron chi connectivity index (χ4n) is 3.06. The maximum Gasteiger partial charge on any atom is 0.327 e. The van der Waals surface area contributed by atoms with E-state index in [0.717, 1.165) is 32.2 Å². The lowest BCUT2D eigenvalue weighted by Gasteiger charge is -2.35. The largest absolute Gasteiger partial charge is 0.480 e. The van der Waals surface area contributed by atoms with Gasteiger partial charge in [-0.3, -0.25) is 4.79 Å². The SMILES string of the molecule is CCCC1SCC(C(=O)O)N1C(=O)C1NCCCC1C. The first-order chi connectivity index (χ1) is 9.56. The Kier molecular flexibility index (Phi) is 5.32. The molecule has 6 heteroatoms. The van der Waals surface area contributed by atoms with Gasteiger partial charge in [-0.1, -0.05) is 20.3 Å². The lowest BCUT2D eigenvalue weighted by Crippen LogP contribution is -2.56. The van der Waals surface area contributed by atoms with Crippen LogP contribution in [-0.4, -0.2) is 51.6 Å². The van der Waals surface area contributed by atoms with Crippen LogP contribution < -0.4 is 5.32 Å². The summed E-state index contributed by atoms with van der Waals surface area (Å²) in [6.45, 7) is 4.99. The number of thioether (sulfide) groups is 1. The predicted octanol–water partition coefficient (Wildman–Crippen LogP) is 1.53. The quantitative estimate of drug-likeness (QED) is 0.824. The molecule has 2 fully saturated rings. The molecular formula is C14H24N2O3S. The molecule has 2 aliphatic heterocycles. The van der Waals surface area contributed by atoms with E-state index in [0.29, 0.717) is 5.75 Å². The van der Waals surface area contributed by atoms with Crippen molar-refractivity contribution in [1.29, 1.82) is 0 Å². The third-order valence-electron chi connectivity index (χ3n) is 4.20. The van der Waals surface area contributed by atoms with E-state index in [-0.39, 0.29) is 23.2 Å². The Morgan fingerprint density at radius 3 is 2.80 bits per heavy atom. The number of carbonyl (C=O) groups excluding carboxylic acids is 1. The molecule has 2 rings (SSSR count). The van der Waals surface area contributed by atoms with Crippen molar-refractivity contribution in [3.05, 3.63) is 0 Å². The molecule has 0 saturated carbocycles. The number of nitrogens with zero attached hydrogens (tertiary/aromatic N) is 1. The first-order valence-corrected chi connectivity index (χ1v) is 8.51. The van der Waals surface area contributed by atoms with E-state index >= 15 is 0 Å². The van der Waals surface area contributed by atoms with Crippen molar-refractivity contribution < 1.29 is 14.7 Å². The minimum absolute atomic E-state index is 0.0181. The number of hydrogen-bond donors (Lipinski definition) is 2. The van der Waals surface area contributed by atoms with Crippen molar-refractivity contribution >= 4 is 23.6 Å². The highest BCUT2D eigenvalue weighted by Gasteiger charge is 2.44. The summed E-state index contributed by atoms with van der Waals surface area (Å²) in [4.78, 5) is 25.8. The molecular weight excluding hydrogens is 276 g/mol. The van der Waals surface area contributed by atoms with E-state index in [1.54, 1.807) is 16.7 Å². The molecule has 2 heterocycles. The molecule has 2 N–H and O–H groups in total. The van der Waals surface area contributed by atoms with E-state index in [1.165, 1.54) is 0 Å². The molecule has 2 saturated heterocycles. The Labute approximate surface area is 124 Å². The van der Waals surface area contributed by atoms with Crippen LogP contribution in [0.1, 0.15) is 39.5 Å². The van der Waals surface area contributed by atoms with E-state index in [4.69, 9.17) is 0 Å². The summed E-state index contributed by atoms with van der Waals surface area (Å²) in [5.41, 5.74) is 0. The molecule has 114 valence electrons. The van der Waals surface area contributed by atoms with Gasteiger partial charge in [-0.2, -0.15) is 0 Å². The molecule has 0 aromatic carbocycles. The van der Waals surface area contributed by atoms with Gasteiger partial charge < -0.3 is 15.3 Å². The van der Waals surface area contributed by atoms with Crippen LogP contribution in [0.2, 0.25) is 0 Å². The highest BCUT2D eigenvalue weighted by atomic mass is 32.2. The summed E-state index contributed by atoms with van der Waals surface area (Å²) < 4.78 is 0. The monoisotopic (exact) mass is 300 g/mol. The van der Waals surface area contributed by atoms with Gasteiger partial charge in [0.05, 0.1) is 11.4 Å². The number of carboxylic acids is 1. The van der Waals surface area contributed by atoms with Gasteiger partial charge in [0.2, 0.25) is 5.91 Å². The summed E-state index contributed by atoms with van der Waals surface area (Å²) >= 11 is 1.60. The van der Waals surface area contributed by atoms with E-state index < -0.39 is 12.0 Å². The average molecular weight is 300 g/mol. The van der Waals surface area contributed by atoms with Gasteiger partial charge in [0.25, 0.3) is 0 Å². The number of rotatable bonds is 4. The topological polar surface area (TPSA) is 69.6 Å². The van der Waals surface area contributed by atoms with E-state index in [9.17, 15) is 14.7 Å². The predicted molar refractivity (Wildman–Crippen MR) is 79.6 cm³/mol. The Morgan fingerprint density at radius 1 is 1.45 bits per heavy atom. The summed E-state index contributed by atoms with van der Waals surface area (Å²) in [5.74, 6) is -0.119. The van der Waals surface area contributed by atoms with Crippen LogP contribution in [0.5, 0.6) is 0 Å². The zero-order valence-corrected chi connectivity index (χ0v) is 13.0. The van der Waals surface area contributed by atoms with Gasteiger partial charge >= 0.3 is 5.97 Å². The average Bonchev–Trinajstić information content (AvgIpc) is 2.83. The van der Waals surface area contributed by atoms with E-state index in [2.05, 4.69) is 19.2 Å². The van der Waals surface area contributed by atoms with Gasteiger partial charge in [-0.25, -0.2) is 4.79 Å². The summed E-state index contributed by atoms with van der Waals surface area (Å²) in [7, 11) is 0. The minimum atomic E-state index is -0.882. The number of aliphatic carboxylic acids is 1. The number of piperidine rings is 1. The number of nitrogens with one attached hydrogen (secondary N) is 1. The molecule has 1 amide bonds. The minimum Gasteiger partial charge on any atom is -0.480 e. The zero-order chi connectivity index (χ0) is 14.7. The summed E-state index contributed by atoms with van der Waals surface area (Å²) in [6, 6.07) is -0.886. The number of amides is 1. The molecule has 4 atom stereocenters. The van der Waals surface area contributed by atoms with Crippen molar-refractivity contribution in [1.82, 2.24) is 10.2 Å². The van der Waals surface area contributed by atoms with Gasteiger partial charge in [0.15, 0.2) is 0 Å². The van der Waals surface area contributed by atoms with Crippen LogP contribution in [0.25, 0.3) is 0 Å². The molecule has 0 aliphatic carbocycles. The summed E-state index contributed by atoms with van der Waals surface area (Å²) in [5, 5.41) is 12.6. The third kappa shape index (κ3) is 3.11. The summed E-state index contributed by atoms with van der Waals surface area (Å²) in [6.07, 6.45) is 3.93. The fraction of sp³-hybridized carbons (Fsp3) is 0.857. The van der Waals surface area contributed by atoms with Gasteiger partial charge in [-0.15, -0.1) is 11.8 Å². The van der Waals surface area contributed by atoms with Crippen LogP contribution in [0, 0.1) is 5.92 Å². The van der Waals surface area contributed by atoms with Crippen molar-refractivity contribution in [3.63, 3.8) is 0 Å². The second kappa shape index (κ2) is 6.80. The Bertz CT molecular complexity index is 377. The number of carboxylic acid groups (broad SMARTS) is 1. The zero-order valence-electron chi connectivity index (χ0n) is 12.2. The van der Waals surface area contributed by atoms with Crippen LogP contribution >= 0.6 is 11.8 Å².